The third kappa shape index (κ3) is 2.77. The van der Waals surface area contributed by atoms with Gasteiger partial charge in [-0.05, 0) is 13.0 Å². The molecule has 1 aromatic rings. The molecule has 0 bridgehead atoms. The van der Waals surface area contributed by atoms with E-state index in [2.05, 4.69) is 10.6 Å². The quantitative estimate of drug-likeness (QED) is 0.734. The first-order chi connectivity index (χ1) is 9.40. The van der Waals surface area contributed by atoms with Crippen LogP contribution in [0.15, 0.2) is 23.5 Å². The van der Waals surface area contributed by atoms with E-state index < -0.39 is 17.5 Å². The number of carbonyl (C=O) groups is 1. The monoisotopic (exact) mass is 298 g/mol. The van der Waals surface area contributed by atoms with Crippen LogP contribution in [0.2, 0.25) is 0 Å². The maximum Gasteiger partial charge on any atom is 0.257 e. The van der Waals surface area contributed by atoms with Gasteiger partial charge in [0.25, 0.3) is 5.91 Å². The van der Waals surface area contributed by atoms with Crippen molar-refractivity contribution >= 4 is 28.8 Å². The van der Waals surface area contributed by atoms with Crippen LogP contribution in [0.5, 0.6) is 0 Å². The summed E-state index contributed by atoms with van der Waals surface area (Å²) in [7, 11) is 0. The lowest BCUT2D eigenvalue weighted by Gasteiger charge is -2.19. The molecular weight excluding hydrogens is 286 g/mol. The molecule has 0 atom stereocenters. The summed E-state index contributed by atoms with van der Waals surface area (Å²) in [5.41, 5.74) is 0.214. The first-order valence-electron chi connectivity index (χ1n) is 5.87. The van der Waals surface area contributed by atoms with Crippen molar-refractivity contribution in [1.29, 1.82) is 0 Å². The number of aliphatic hydroxyl groups is 1. The molecule has 1 amide bonds. The van der Waals surface area contributed by atoms with Gasteiger partial charge in [0.2, 0.25) is 0 Å². The van der Waals surface area contributed by atoms with E-state index in [0.717, 1.165) is 12.1 Å². The minimum atomic E-state index is -0.760. The highest BCUT2D eigenvalue weighted by molar-refractivity contribution is 7.81. The second kappa shape index (κ2) is 5.54. The van der Waals surface area contributed by atoms with Crippen molar-refractivity contribution in [2.24, 2.45) is 0 Å². The van der Waals surface area contributed by atoms with E-state index in [0.29, 0.717) is 6.54 Å². The van der Waals surface area contributed by atoms with Crippen LogP contribution in [0.4, 0.5) is 14.5 Å². The summed E-state index contributed by atoms with van der Waals surface area (Å²) in [5.74, 6) is -2.13. The molecule has 1 aliphatic rings. The molecule has 0 aliphatic carbocycles. The van der Waals surface area contributed by atoms with Gasteiger partial charge >= 0.3 is 0 Å². The molecule has 0 saturated carbocycles. The number of thiocarbonyl (C=S) groups is 1. The molecule has 7 heteroatoms. The Morgan fingerprint density at radius 3 is 2.80 bits per heavy atom. The number of anilines is 1. The second-order valence-corrected chi connectivity index (χ2v) is 4.75. The summed E-state index contributed by atoms with van der Waals surface area (Å²) in [6.45, 7) is 1.78. The zero-order chi connectivity index (χ0) is 14.9. The summed E-state index contributed by atoms with van der Waals surface area (Å²) >= 11 is 5.02. The van der Waals surface area contributed by atoms with E-state index in [9.17, 15) is 18.7 Å². The summed E-state index contributed by atoms with van der Waals surface area (Å²) < 4.78 is 26.6. The van der Waals surface area contributed by atoms with E-state index in [1.807, 2.05) is 0 Å². The minimum absolute atomic E-state index is 0.0738. The topological polar surface area (TPSA) is 61.4 Å². The van der Waals surface area contributed by atoms with E-state index in [4.69, 9.17) is 12.2 Å². The van der Waals surface area contributed by atoms with Crippen molar-refractivity contribution in [3.63, 3.8) is 0 Å². The number of carbonyl (C=O) groups excluding carboxylic acids is 1. The first kappa shape index (κ1) is 14.4. The number of hydrogen-bond donors (Lipinski definition) is 3. The van der Waals surface area contributed by atoms with E-state index in [-0.39, 0.29) is 34.0 Å². The van der Waals surface area contributed by atoms with Gasteiger partial charge in [0.1, 0.15) is 28.0 Å². The minimum Gasteiger partial charge on any atom is -0.511 e. The number of rotatable bonds is 2. The molecule has 0 spiro atoms. The van der Waals surface area contributed by atoms with Gasteiger partial charge in [0, 0.05) is 30.3 Å². The number of nitrogens with one attached hydrogen (secondary N) is 2. The number of benzene rings is 1. The lowest BCUT2D eigenvalue weighted by Crippen LogP contribution is -2.36. The Hall–Kier alpha value is -2.02. The summed E-state index contributed by atoms with van der Waals surface area (Å²) in [6, 6.07) is 1.83. The van der Waals surface area contributed by atoms with E-state index in [1.54, 1.807) is 0 Å². The van der Waals surface area contributed by atoms with Crippen molar-refractivity contribution < 1.29 is 18.7 Å². The Balaban J connectivity index is 2.31. The lowest BCUT2D eigenvalue weighted by molar-refractivity contribution is -0.117. The zero-order valence-electron chi connectivity index (χ0n) is 10.6. The maximum atomic E-state index is 13.4. The molecule has 20 heavy (non-hydrogen) atoms. The Morgan fingerprint density at radius 2 is 2.15 bits per heavy atom. The Bertz CT molecular complexity index is 629. The normalized spacial score (nSPS) is 15.1. The molecule has 1 heterocycles. The average molecular weight is 298 g/mol. The van der Waals surface area contributed by atoms with Crippen molar-refractivity contribution in [3.8, 4) is 0 Å². The molecule has 1 aliphatic heterocycles. The zero-order valence-corrected chi connectivity index (χ0v) is 11.4. The highest BCUT2D eigenvalue weighted by atomic mass is 32.1. The van der Waals surface area contributed by atoms with Gasteiger partial charge in [-0.1, -0.05) is 12.2 Å². The molecular formula is C13H12F2N2O2S. The summed E-state index contributed by atoms with van der Waals surface area (Å²) in [5, 5.41) is 14.8. The SMILES string of the molecule is Cc1c(F)cc(F)cc1NC(=S)C1=C(O)CCNC1=O. The number of amides is 1. The Labute approximate surface area is 119 Å². The first-order valence-corrected chi connectivity index (χ1v) is 6.28. The molecule has 0 aromatic heterocycles. The highest BCUT2D eigenvalue weighted by Crippen LogP contribution is 2.22. The maximum absolute atomic E-state index is 13.4. The average Bonchev–Trinajstić information content (AvgIpc) is 2.35. The van der Waals surface area contributed by atoms with Gasteiger partial charge in [0.05, 0.1) is 0 Å². The Kier molecular flexibility index (Phi) is 3.99. The van der Waals surface area contributed by atoms with Crippen molar-refractivity contribution in [2.75, 3.05) is 11.9 Å². The molecule has 3 N–H and O–H groups in total. The molecule has 106 valence electrons. The van der Waals surface area contributed by atoms with Crippen LogP contribution >= 0.6 is 12.2 Å². The van der Waals surface area contributed by atoms with Crippen LogP contribution in [-0.2, 0) is 4.79 Å². The molecule has 1 aromatic carbocycles. The van der Waals surface area contributed by atoms with Gasteiger partial charge < -0.3 is 15.7 Å². The molecule has 4 nitrogen and oxygen atoms in total. The van der Waals surface area contributed by atoms with Crippen molar-refractivity contribution in [2.45, 2.75) is 13.3 Å². The van der Waals surface area contributed by atoms with Crippen LogP contribution in [0.25, 0.3) is 0 Å². The largest absolute Gasteiger partial charge is 0.511 e. The van der Waals surface area contributed by atoms with Crippen molar-refractivity contribution in [3.05, 3.63) is 40.7 Å². The Morgan fingerprint density at radius 1 is 1.45 bits per heavy atom. The van der Waals surface area contributed by atoms with E-state index >= 15 is 0 Å². The van der Waals surface area contributed by atoms with Crippen LogP contribution in [0, 0.1) is 18.6 Å². The van der Waals surface area contributed by atoms with Gasteiger partial charge in [-0.25, -0.2) is 8.78 Å². The van der Waals surface area contributed by atoms with Crippen LogP contribution < -0.4 is 10.6 Å². The molecule has 0 saturated heterocycles. The number of aliphatic hydroxyl groups excluding tert-OH is 1. The van der Waals surface area contributed by atoms with E-state index in [1.165, 1.54) is 6.92 Å². The number of halogens is 2. The lowest BCUT2D eigenvalue weighted by atomic mass is 10.1. The predicted octanol–water partition coefficient (Wildman–Crippen LogP) is 2.34. The third-order valence-electron chi connectivity index (χ3n) is 2.95. The predicted molar refractivity (Wildman–Crippen MR) is 74.6 cm³/mol. The summed E-state index contributed by atoms with van der Waals surface area (Å²) in [4.78, 5) is 11.6. The summed E-state index contributed by atoms with van der Waals surface area (Å²) in [6.07, 6.45) is 0.263. The van der Waals surface area contributed by atoms with Crippen LogP contribution in [0.3, 0.4) is 0 Å². The number of hydrogen-bond acceptors (Lipinski definition) is 3. The molecule has 2 rings (SSSR count). The van der Waals surface area contributed by atoms with Gasteiger partial charge in [-0.3, -0.25) is 4.79 Å². The fraction of sp³-hybridized carbons (Fsp3) is 0.231. The second-order valence-electron chi connectivity index (χ2n) is 4.34. The molecule has 0 radical (unpaired) electrons. The highest BCUT2D eigenvalue weighted by Gasteiger charge is 2.24. The smallest absolute Gasteiger partial charge is 0.257 e. The van der Waals surface area contributed by atoms with Crippen LogP contribution in [-0.4, -0.2) is 22.5 Å². The molecule has 0 fully saturated rings. The van der Waals surface area contributed by atoms with Gasteiger partial charge in [0.15, 0.2) is 0 Å². The molecule has 0 unspecified atom stereocenters. The van der Waals surface area contributed by atoms with Crippen molar-refractivity contribution in [1.82, 2.24) is 5.32 Å². The standard InChI is InChI=1S/C13H12F2N2O2S/c1-6-8(15)4-7(14)5-9(6)17-13(20)11-10(18)2-3-16-12(11)19/h4-5,18H,2-3H2,1H3,(H,16,19)(H,17,20). The van der Waals surface area contributed by atoms with Gasteiger partial charge in [-0.2, -0.15) is 0 Å². The van der Waals surface area contributed by atoms with Crippen LogP contribution in [0.1, 0.15) is 12.0 Å². The van der Waals surface area contributed by atoms with Gasteiger partial charge in [-0.15, -0.1) is 0 Å². The third-order valence-corrected chi connectivity index (χ3v) is 3.25. The fourth-order valence-electron chi connectivity index (χ4n) is 1.83. The fourth-order valence-corrected chi connectivity index (χ4v) is 2.15.